The molecular formula is C10H13Cl2N. The fourth-order valence-electron chi connectivity index (χ4n) is 1.05. The van der Waals surface area contributed by atoms with Crippen LogP contribution in [0.3, 0.4) is 0 Å². The van der Waals surface area contributed by atoms with Crippen LogP contribution in [0.1, 0.15) is 18.0 Å². The Morgan fingerprint density at radius 1 is 1.54 bits per heavy atom. The summed E-state index contributed by atoms with van der Waals surface area (Å²) in [5.74, 6) is 0. The van der Waals surface area contributed by atoms with E-state index in [0.29, 0.717) is 0 Å². The molecule has 0 spiro atoms. The van der Waals surface area contributed by atoms with Crippen molar-refractivity contribution < 1.29 is 0 Å². The summed E-state index contributed by atoms with van der Waals surface area (Å²) in [5.41, 5.74) is 6.90. The maximum absolute atomic E-state index is 5.84. The lowest BCUT2D eigenvalue weighted by Crippen LogP contribution is -2.08. The Bertz CT molecular complexity index is 273. The van der Waals surface area contributed by atoms with Crippen LogP contribution in [0.5, 0.6) is 0 Å². The molecule has 0 aliphatic rings. The summed E-state index contributed by atoms with van der Waals surface area (Å²) in [5, 5.41) is 0.729. The van der Waals surface area contributed by atoms with Gasteiger partial charge in [-0.1, -0.05) is 29.8 Å². The predicted molar refractivity (Wildman–Crippen MR) is 60.4 cm³/mol. The third-order valence-corrected chi connectivity index (χ3v) is 1.93. The van der Waals surface area contributed by atoms with Gasteiger partial charge in [-0.15, -0.1) is 19.0 Å². The van der Waals surface area contributed by atoms with Crippen LogP contribution in [0.15, 0.2) is 36.9 Å². The van der Waals surface area contributed by atoms with Gasteiger partial charge in [0.1, 0.15) is 0 Å². The highest BCUT2D eigenvalue weighted by molar-refractivity contribution is 6.30. The van der Waals surface area contributed by atoms with Gasteiger partial charge in [0, 0.05) is 11.1 Å². The molecule has 1 atom stereocenters. The smallest absolute Gasteiger partial charge is 0.0409 e. The van der Waals surface area contributed by atoms with Crippen molar-refractivity contribution >= 4 is 24.0 Å². The van der Waals surface area contributed by atoms with E-state index in [1.165, 1.54) is 0 Å². The largest absolute Gasteiger partial charge is 0.324 e. The summed E-state index contributed by atoms with van der Waals surface area (Å²) in [6, 6.07) is 7.61. The fourth-order valence-corrected chi connectivity index (χ4v) is 1.25. The average Bonchev–Trinajstić information content (AvgIpc) is 2.05. The minimum atomic E-state index is 0. The molecule has 13 heavy (non-hydrogen) atoms. The SMILES string of the molecule is C=CC[C@@H](N)c1cccc(Cl)c1.Cl. The van der Waals surface area contributed by atoms with Crippen LogP contribution in [0, 0.1) is 0 Å². The van der Waals surface area contributed by atoms with Crippen LogP contribution in [-0.2, 0) is 0 Å². The van der Waals surface area contributed by atoms with Crippen molar-refractivity contribution in [3.05, 3.63) is 47.5 Å². The molecule has 1 aromatic rings. The van der Waals surface area contributed by atoms with Gasteiger partial charge in [0.05, 0.1) is 0 Å². The van der Waals surface area contributed by atoms with Crippen LogP contribution in [0.25, 0.3) is 0 Å². The molecule has 0 aromatic heterocycles. The molecule has 1 rings (SSSR count). The molecule has 0 aliphatic carbocycles. The summed E-state index contributed by atoms with van der Waals surface area (Å²) in [6.45, 7) is 3.64. The first-order valence-corrected chi connectivity index (χ1v) is 4.24. The summed E-state index contributed by atoms with van der Waals surface area (Å²) < 4.78 is 0. The third-order valence-electron chi connectivity index (χ3n) is 1.70. The minimum Gasteiger partial charge on any atom is -0.324 e. The van der Waals surface area contributed by atoms with Crippen LogP contribution in [0.4, 0.5) is 0 Å². The van der Waals surface area contributed by atoms with Crippen molar-refractivity contribution in [2.24, 2.45) is 5.73 Å². The van der Waals surface area contributed by atoms with Crippen molar-refractivity contribution in [3.8, 4) is 0 Å². The minimum absolute atomic E-state index is 0. The Labute approximate surface area is 90.0 Å². The van der Waals surface area contributed by atoms with Crippen LogP contribution >= 0.6 is 24.0 Å². The lowest BCUT2D eigenvalue weighted by molar-refractivity contribution is 0.742. The number of hydrogen-bond donors (Lipinski definition) is 1. The fraction of sp³-hybridized carbons (Fsp3) is 0.200. The van der Waals surface area contributed by atoms with Crippen molar-refractivity contribution in [2.75, 3.05) is 0 Å². The Kier molecular flexibility index (Phi) is 5.80. The van der Waals surface area contributed by atoms with E-state index in [0.717, 1.165) is 17.0 Å². The number of halogens is 2. The number of rotatable bonds is 3. The quantitative estimate of drug-likeness (QED) is 0.773. The monoisotopic (exact) mass is 217 g/mol. The van der Waals surface area contributed by atoms with E-state index in [2.05, 4.69) is 6.58 Å². The first kappa shape index (κ1) is 12.5. The molecule has 0 saturated heterocycles. The Hall–Kier alpha value is -0.500. The second-order valence-corrected chi connectivity index (χ2v) is 3.12. The molecule has 0 saturated carbocycles. The Morgan fingerprint density at radius 2 is 2.23 bits per heavy atom. The standard InChI is InChI=1S/C10H12ClN.ClH/c1-2-4-10(12)8-5-3-6-9(11)7-8;/h2-3,5-7,10H,1,4,12H2;1H/t10-;/m1./s1. The van der Waals surface area contributed by atoms with Gasteiger partial charge < -0.3 is 5.73 Å². The maximum atomic E-state index is 5.84. The lowest BCUT2D eigenvalue weighted by Gasteiger charge is -2.08. The zero-order chi connectivity index (χ0) is 8.97. The summed E-state index contributed by atoms with van der Waals surface area (Å²) in [6.07, 6.45) is 2.59. The van der Waals surface area contributed by atoms with Gasteiger partial charge in [-0.2, -0.15) is 0 Å². The first-order chi connectivity index (χ1) is 5.74. The number of benzene rings is 1. The molecule has 0 amide bonds. The highest BCUT2D eigenvalue weighted by Crippen LogP contribution is 2.18. The number of hydrogen-bond acceptors (Lipinski definition) is 1. The Morgan fingerprint density at radius 3 is 2.77 bits per heavy atom. The molecule has 0 aliphatic heterocycles. The normalized spacial score (nSPS) is 11.5. The van der Waals surface area contributed by atoms with E-state index in [-0.39, 0.29) is 18.4 Å². The average molecular weight is 218 g/mol. The van der Waals surface area contributed by atoms with Gasteiger partial charge >= 0.3 is 0 Å². The van der Waals surface area contributed by atoms with E-state index in [9.17, 15) is 0 Å². The van der Waals surface area contributed by atoms with E-state index >= 15 is 0 Å². The van der Waals surface area contributed by atoms with Gasteiger partial charge in [-0.25, -0.2) is 0 Å². The lowest BCUT2D eigenvalue weighted by atomic mass is 10.1. The highest BCUT2D eigenvalue weighted by Gasteiger charge is 2.02. The number of nitrogens with two attached hydrogens (primary N) is 1. The molecule has 0 fully saturated rings. The molecule has 0 radical (unpaired) electrons. The van der Waals surface area contributed by atoms with Crippen LogP contribution < -0.4 is 5.73 Å². The zero-order valence-corrected chi connectivity index (χ0v) is 8.81. The Balaban J connectivity index is 0.00000144. The van der Waals surface area contributed by atoms with Crippen molar-refractivity contribution in [3.63, 3.8) is 0 Å². The van der Waals surface area contributed by atoms with Crippen LogP contribution in [-0.4, -0.2) is 0 Å². The van der Waals surface area contributed by atoms with E-state index in [1.54, 1.807) is 0 Å². The molecule has 3 heteroatoms. The topological polar surface area (TPSA) is 26.0 Å². The van der Waals surface area contributed by atoms with E-state index in [1.807, 2.05) is 30.3 Å². The maximum Gasteiger partial charge on any atom is 0.0409 e. The van der Waals surface area contributed by atoms with E-state index in [4.69, 9.17) is 17.3 Å². The van der Waals surface area contributed by atoms with Gasteiger partial charge in [0.25, 0.3) is 0 Å². The second kappa shape index (κ2) is 6.03. The van der Waals surface area contributed by atoms with Gasteiger partial charge in [-0.3, -0.25) is 0 Å². The summed E-state index contributed by atoms with van der Waals surface area (Å²) >= 11 is 5.81. The molecule has 0 unspecified atom stereocenters. The summed E-state index contributed by atoms with van der Waals surface area (Å²) in [7, 11) is 0. The highest BCUT2D eigenvalue weighted by atomic mass is 35.5. The van der Waals surface area contributed by atoms with Gasteiger partial charge in [0.15, 0.2) is 0 Å². The summed E-state index contributed by atoms with van der Waals surface area (Å²) in [4.78, 5) is 0. The van der Waals surface area contributed by atoms with Crippen molar-refractivity contribution in [1.82, 2.24) is 0 Å². The zero-order valence-electron chi connectivity index (χ0n) is 7.24. The third kappa shape index (κ3) is 3.81. The molecule has 72 valence electrons. The first-order valence-electron chi connectivity index (χ1n) is 3.86. The van der Waals surface area contributed by atoms with Gasteiger partial charge in [0.2, 0.25) is 0 Å². The molecule has 2 N–H and O–H groups in total. The molecule has 0 bridgehead atoms. The van der Waals surface area contributed by atoms with Crippen molar-refractivity contribution in [2.45, 2.75) is 12.5 Å². The molecule has 1 aromatic carbocycles. The second-order valence-electron chi connectivity index (χ2n) is 2.69. The van der Waals surface area contributed by atoms with Crippen LogP contribution in [0.2, 0.25) is 5.02 Å². The van der Waals surface area contributed by atoms with Crippen molar-refractivity contribution in [1.29, 1.82) is 0 Å². The molecule has 0 heterocycles. The predicted octanol–water partition coefficient (Wildman–Crippen LogP) is 3.34. The molecule has 1 nitrogen and oxygen atoms in total. The van der Waals surface area contributed by atoms with Gasteiger partial charge in [-0.05, 0) is 24.1 Å². The van der Waals surface area contributed by atoms with E-state index < -0.39 is 0 Å². The molecular weight excluding hydrogens is 205 g/mol.